The van der Waals surface area contributed by atoms with Crippen LogP contribution in [0.25, 0.3) is 0 Å². The van der Waals surface area contributed by atoms with Gasteiger partial charge in [-0.1, -0.05) is 0 Å². The first kappa shape index (κ1) is 6.01. The molecule has 1 radical (unpaired) electrons. The number of nitrogens with zero attached hydrogens (tertiary/aromatic N) is 1. The molecule has 0 saturated carbocycles. The van der Waals surface area contributed by atoms with Gasteiger partial charge in [0, 0.05) is 20.1 Å². The van der Waals surface area contributed by atoms with Gasteiger partial charge in [-0.05, 0) is 0 Å². The van der Waals surface area contributed by atoms with Crippen LogP contribution in [0, 0.1) is 0 Å². The Balaban J connectivity index is 2.13. The predicted octanol–water partition coefficient (Wildman–Crippen LogP) is -0.833. The Hall–Kier alpha value is -0.120. The first-order valence-corrected chi connectivity index (χ1v) is 2.85. The Morgan fingerprint density at radius 1 is 1.75 bits per heavy atom. The molecule has 3 heteroatoms. The van der Waals surface area contributed by atoms with Crippen LogP contribution < -0.4 is 10.6 Å². The molecule has 0 spiro atoms. The fourth-order valence-electron chi connectivity index (χ4n) is 0.717. The highest BCUT2D eigenvalue weighted by molar-refractivity contribution is 4.61. The lowest BCUT2D eigenvalue weighted by molar-refractivity contribution is 0.00965. The average molecular weight is 115 g/mol. The van der Waals surface area contributed by atoms with E-state index in [9.17, 15) is 0 Å². The molecule has 0 aromatic rings. The van der Waals surface area contributed by atoms with E-state index in [0.717, 1.165) is 19.7 Å². The molecular formula is C5H11N2O. The van der Waals surface area contributed by atoms with Crippen molar-refractivity contribution < 1.29 is 4.74 Å². The second-order valence-corrected chi connectivity index (χ2v) is 1.79. The molecule has 1 aliphatic rings. The zero-order valence-corrected chi connectivity index (χ0v) is 5.05. The molecule has 8 heavy (non-hydrogen) atoms. The van der Waals surface area contributed by atoms with Crippen molar-refractivity contribution in [1.82, 2.24) is 10.6 Å². The van der Waals surface area contributed by atoms with Gasteiger partial charge in [-0.2, -0.15) is 0 Å². The average Bonchev–Trinajstić information content (AvgIpc) is 1.90. The van der Waals surface area contributed by atoms with E-state index in [2.05, 4.69) is 10.6 Å². The van der Waals surface area contributed by atoms with Crippen molar-refractivity contribution in [2.45, 2.75) is 6.23 Å². The van der Waals surface area contributed by atoms with E-state index in [1.165, 1.54) is 0 Å². The largest absolute Gasteiger partial charge is 0.359 e. The number of rotatable bonds is 1. The van der Waals surface area contributed by atoms with Crippen LogP contribution in [0.5, 0.6) is 0 Å². The SMILES string of the molecule is C[N]C1CNCCO1. The molecule has 1 fully saturated rings. The molecule has 1 heterocycles. The van der Waals surface area contributed by atoms with Crippen LogP contribution in [0.4, 0.5) is 0 Å². The van der Waals surface area contributed by atoms with E-state index in [0.29, 0.717) is 0 Å². The van der Waals surface area contributed by atoms with Crippen molar-refractivity contribution in [2.24, 2.45) is 0 Å². The highest BCUT2D eigenvalue weighted by atomic mass is 16.5. The maximum Gasteiger partial charge on any atom is 0.135 e. The van der Waals surface area contributed by atoms with E-state index in [1.807, 2.05) is 0 Å². The lowest BCUT2D eigenvalue weighted by Crippen LogP contribution is -2.42. The van der Waals surface area contributed by atoms with E-state index in [-0.39, 0.29) is 6.23 Å². The highest BCUT2D eigenvalue weighted by Gasteiger charge is 2.09. The molecule has 47 valence electrons. The molecular weight excluding hydrogens is 104 g/mol. The van der Waals surface area contributed by atoms with Gasteiger partial charge in [0.25, 0.3) is 0 Å². The molecule has 0 bridgehead atoms. The van der Waals surface area contributed by atoms with Crippen LogP contribution in [0.15, 0.2) is 0 Å². The normalized spacial score (nSPS) is 30.4. The quantitative estimate of drug-likeness (QED) is 0.484. The highest BCUT2D eigenvalue weighted by Crippen LogP contribution is 1.89. The molecule has 0 amide bonds. The minimum absolute atomic E-state index is 0.101. The number of hydrogen-bond acceptors (Lipinski definition) is 2. The summed E-state index contributed by atoms with van der Waals surface area (Å²) in [5.74, 6) is 0. The van der Waals surface area contributed by atoms with E-state index < -0.39 is 0 Å². The van der Waals surface area contributed by atoms with Crippen LogP contribution in [0.1, 0.15) is 0 Å². The minimum Gasteiger partial charge on any atom is -0.359 e. The number of ether oxygens (including phenoxy) is 1. The first-order valence-electron chi connectivity index (χ1n) is 2.85. The maximum absolute atomic E-state index is 5.20. The zero-order valence-electron chi connectivity index (χ0n) is 5.05. The van der Waals surface area contributed by atoms with Gasteiger partial charge in [0.05, 0.1) is 6.61 Å². The van der Waals surface area contributed by atoms with Gasteiger partial charge in [0.15, 0.2) is 0 Å². The van der Waals surface area contributed by atoms with E-state index in [4.69, 9.17) is 4.74 Å². The molecule has 0 aromatic heterocycles. The third-order valence-corrected chi connectivity index (χ3v) is 1.20. The van der Waals surface area contributed by atoms with Gasteiger partial charge in [0.2, 0.25) is 0 Å². The monoisotopic (exact) mass is 115 g/mol. The lowest BCUT2D eigenvalue weighted by atomic mass is 10.4. The molecule has 1 saturated heterocycles. The molecule has 0 aromatic carbocycles. The van der Waals surface area contributed by atoms with Gasteiger partial charge < -0.3 is 10.1 Å². The van der Waals surface area contributed by atoms with Gasteiger partial charge in [-0.3, -0.25) is 0 Å². The van der Waals surface area contributed by atoms with E-state index in [1.54, 1.807) is 7.05 Å². The molecule has 3 nitrogen and oxygen atoms in total. The minimum atomic E-state index is 0.101. The van der Waals surface area contributed by atoms with Gasteiger partial charge in [-0.25, -0.2) is 5.32 Å². The predicted molar refractivity (Wildman–Crippen MR) is 30.7 cm³/mol. The van der Waals surface area contributed by atoms with Gasteiger partial charge in [0.1, 0.15) is 6.23 Å². The smallest absolute Gasteiger partial charge is 0.135 e. The van der Waals surface area contributed by atoms with Gasteiger partial charge in [-0.15, -0.1) is 0 Å². The van der Waals surface area contributed by atoms with Crippen LogP contribution in [0.3, 0.4) is 0 Å². The molecule has 1 atom stereocenters. The Labute approximate surface area is 49.4 Å². The Morgan fingerprint density at radius 2 is 2.62 bits per heavy atom. The summed E-state index contributed by atoms with van der Waals surface area (Å²) in [5, 5.41) is 7.13. The summed E-state index contributed by atoms with van der Waals surface area (Å²) >= 11 is 0. The molecule has 1 N–H and O–H groups in total. The summed E-state index contributed by atoms with van der Waals surface area (Å²) in [6.45, 7) is 2.63. The summed E-state index contributed by atoms with van der Waals surface area (Å²) in [4.78, 5) is 0. The molecule has 1 unspecified atom stereocenters. The number of morpholine rings is 1. The van der Waals surface area contributed by atoms with Crippen LogP contribution in [-0.2, 0) is 4.74 Å². The number of hydrogen-bond donors (Lipinski definition) is 1. The second-order valence-electron chi connectivity index (χ2n) is 1.79. The third kappa shape index (κ3) is 1.43. The maximum atomic E-state index is 5.20. The van der Waals surface area contributed by atoms with Crippen molar-refractivity contribution in [3.8, 4) is 0 Å². The van der Waals surface area contributed by atoms with Crippen LogP contribution >= 0.6 is 0 Å². The van der Waals surface area contributed by atoms with E-state index >= 15 is 0 Å². The third-order valence-electron chi connectivity index (χ3n) is 1.20. The second kappa shape index (κ2) is 3.02. The van der Waals surface area contributed by atoms with Gasteiger partial charge >= 0.3 is 0 Å². The summed E-state index contributed by atoms with van der Waals surface area (Å²) in [6.07, 6.45) is 0.101. The van der Waals surface area contributed by atoms with Crippen molar-refractivity contribution >= 4 is 0 Å². The topological polar surface area (TPSA) is 35.4 Å². The Morgan fingerprint density at radius 3 is 3.00 bits per heavy atom. The van der Waals surface area contributed by atoms with Crippen molar-refractivity contribution in [3.63, 3.8) is 0 Å². The summed E-state index contributed by atoms with van der Waals surface area (Å²) in [6, 6.07) is 0. The fourth-order valence-corrected chi connectivity index (χ4v) is 0.717. The van der Waals surface area contributed by atoms with Crippen LogP contribution in [-0.4, -0.2) is 33.0 Å². The molecule has 1 rings (SSSR count). The van der Waals surface area contributed by atoms with Crippen molar-refractivity contribution in [3.05, 3.63) is 0 Å². The van der Waals surface area contributed by atoms with Crippen molar-refractivity contribution in [1.29, 1.82) is 0 Å². The summed E-state index contributed by atoms with van der Waals surface area (Å²) in [7, 11) is 1.78. The Kier molecular flexibility index (Phi) is 2.27. The standard InChI is InChI=1S/C5H11N2O/c1-6-5-4-7-2-3-8-5/h5,7H,2-4H2,1H3. The Bertz CT molecular complexity index is 61.4. The molecule has 0 aliphatic carbocycles. The number of likely N-dealkylation sites (N-methyl/N-ethyl adjacent to an activating group) is 1. The van der Waals surface area contributed by atoms with Crippen LogP contribution in [0.2, 0.25) is 0 Å². The lowest BCUT2D eigenvalue weighted by Gasteiger charge is -2.21. The fraction of sp³-hybridized carbons (Fsp3) is 1.00. The first-order chi connectivity index (χ1) is 3.93. The summed E-state index contributed by atoms with van der Waals surface area (Å²) in [5.41, 5.74) is 0. The van der Waals surface area contributed by atoms with Crippen molar-refractivity contribution in [2.75, 3.05) is 26.7 Å². The summed E-state index contributed by atoms with van der Waals surface area (Å²) < 4.78 is 5.20. The molecule has 1 aliphatic heterocycles. The zero-order chi connectivity index (χ0) is 5.82. The number of nitrogens with one attached hydrogen (secondary N) is 1.